The maximum Gasteiger partial charge on any atom is 0.412 e. The van der Waals surface area contributed by atoms with Crippen molar-refractivity contribution in [3.8, 4) is 10.6 Å². The van der Waals surface area contributed by atoms with Gasteiger partial charge in [0, 0.05) is 26.2 Å². The van der Waals surface area contributed by atoms with Gasteiger partial charge in [-0.3, -0.25) is 15.1 Å². The van der Waals surface area contributed by atoms with Gasteiger partial charge in [0.05, 0.1) is 17.8 Å². The first-order chi connectivity index (χ1) is 17.7. The Morgan fingerprint density at radius 3 is 2.47 bits per heavy atom. The second-order valence-electron chi connectivity index (χ2n) is 9.38. The van der Waals surface area contributed by atoms with E-state index in [1.807, 2.05) is 0 Å². The molecule has 14 heteroatoms. The summed E-state index contributed by atoms with van der Waals surface area (Å²) in [6.07, 6.45) is -0.0253. The van der Waals surface area contributed by atoms with E-state index in [0.717, 1.165) is 18.3 Å². The largest absolute Gasteiger partial charge is 0.444 e. The Kier molecular flexibility index (Phi) is 8.65. The van der Waals surface area contributed by atoms with Crippen LogP contribution in [0.15, 0.2) is 35.1 Å². The number of likely N-dealkylation sites (tertiary alicyclic amines) is 1. The van der Waals surface area contributed by atoms with Gasteiger partial charge in [0.15, 0.2) is 5.69 Å². The molecule has 2 heterocycles. The molecule has 0 atom stereocenters. The highest BCUT2D eigenvalue weighted by Crippen LogP contribution is 2.35. The summed E-state index contributed by atoms with van der Waals surface area (Å²) in [5, 5.41) is 4.45. The lowest BCUT2D eigenvalue weighted by Crippen LogP contribution is -2.48. The molecule has 1 aromatic carbocycles. The second kappa shape index (κ2) is 11.4. The van der Waals surface area contributed by atoms with Crippen LogP contribution in [0, 0.1) is 11.6 Å². The molecular formula is C24H28F4N6O3S. The van der Waals surface area contributed by atoms with Crippen molar-refractivity contribution in [3.63, 3.8) is 0 Å². The summed E-state index contributed by atoms with van der Waals surface area (Å²) in [7, 11) is 1.36. The predicted molar refractivity (Wildman–Crippen MR) is 136 cm³/mol. The number of hydrogen-bond acceptors (Lipinski definition) is 7. The first-order valence-corrected chi connectivity index (χ1v) is 12.3. The van der Waals surface area contributed by atoms with Crippen molar-refractivity contribution >= 4 is 34.2 Å². The Morgan fingerprint density at radius 1 is 1.26 bits per heavy atom. The van der Waals surface area contributed by atoms with Crippen molar-refractivity contribution in [1.29, 1.82) is 0 Å². The first-order valence-electron chi connectivity index (χ1n) is 11.5. The van der Waals surface area contributed by atoms with Crippen molar-refractivity contribution in [2.75, 3.05) is 25.5 Å². The van der Waals surface area contributed by atoms with Crippen LogP contribution in [0.2, 0.25) is 0 Å². The number of amides is 2. The fourth-order valence-corrected chi connectivity index (χ4v) is 4.69. The van der Waals surface area contributed by atoms with Gasteiger partial charge in [0.25, 0.3) is 11.8 Å². The van der Waals surface area contributed by atoms with Gasteiger partial charge in [-0.25, -0.2) is 27.3 Å². The van der Waals surface area contributed by atoms with Crippen LogP contribution in [0.25, 0.3) is 10.6 Å². The third kappa shape index (κ3) is 7.00. The quantitative estimate of drug-likeness (QED) is 0.278. The SMILES string of the molecule is CN=C(/C(=C\N)NC(=O)c1nc(-c2c(F)cccc2F)sc1NC(=O)OC(C)(C)C)N1CCCC(F)(F)C1. The predicted octanol–water partition coefficient (Wildman–Crippen LogP) is 4.72. The van der Waals surface area contributed by atoms with Gasteiger partial charge in [0.2, 0.25) is 0 Å². The number of aromatic nitrogens is 1. The highest BCUT2D eigenvalue weighted by atomic mass is 32.1. The maximum absolute atomic E-state index is 14.5. The van der Waals surface area contributed by atoms with Gasteiger partial charge in [-0.1, -0.05) is 17.4 Å². The minimum Gasteiger partial charge on any atom is -0.444 e. The van der Waals surface area contributed by atoms with E-state index in [2.05, 4.69) is 20.6 Å². The number of carbonyl (C=O) groups excluding carboxylic acids is 2. The Bertz CT molecular complexity index is 1250. The zero-order chi connectivity index (χ0) is 28.3. The molecule has 0 unspecified atom stereocenters. The summed E-state index contributed by atoms with van der Waals surface area (Å²) in [5.41, 5.74) is 3.82. The van der Waals surface area contributed by atoms with Gasteiger partial charge in [-0.15, -0.1) is 0 Å². The molecule has 0 radical (unpaired) electrons. The number of nitrogens with zero attached hydrogens (tertiary/aromatic N) is 3. The van der Waals surface area contributed by atoms with E-state index in [1.165, 1.54) is 18.0 Å². The van der Waals surface area contributed by atoms with E-state index < -0.39 is 53.0 Å². The molecule has 9 nitrogen and oxygen atoms in total. The zero-order valence-electron chi connectivity index (χ0n) is 21.2. The number of benzene rings is 1. The Balaban J connectivity index is 1.96. The molecule has 3 rings (SSSR count). The molecule has 0 aliphatic carbocycles. The number of ether oxygens (including phenoxy) is 1. The van der Waals surface area contributed by atoms with E-state index >= 15 is 0 Å². The van der Waals surface area contributed by atoms with Crippen molar-refractivity contribution in [1.82, 2.24) is 15.2 Å². The van der Waals surface area contributed by atoms with Crippen molar-refractivity contribution in [3.05, 3.63) is 47.4 Å². The van der Waals surface area contributed by atoms with Gasteiger partial charge >= 0.3 is 6.09 Å². The molecule has 1 saturated heterocycles. The number of aliphatic imine (C=N–C) groups is 1. The number of hydrogen-bond donors (Lipinski definition) is 3. The van der Waals surface area contributed by atoms with Crippen LogP contribution in [0.4, 0.5) is 27.4 Å². The lowest BCUT2D eigenvalue weighted by Gasteiger charge is -2.35. The van der Waals surface area contributed by atoms with Crippen LogP contribution in [0.5, 0.6) is 0 Å². The third-order valence-electron chi connectivity index (χ3n) is 5.19. The average molecular weight is 557 g/mol. The molecular weight excluding hydrogens is 528 g/mol. The number of rotatable bonds is 5. The highest BCUT2D eigenvalue weighted by Gasteiger charge is 2.37. The van der Waals surface area contributed by atoms with Crippen LogP contribution in [0.1, 0.15) is 44.1 Å². The maximum atomic E-state index is 14.5. The average Bonchev–Trinajstić information content (AvgIpc) is 3.19. The molecule has 1 aromatic heterocycles. The first kappa shape index (κ1) is 28.9. The van der Waals surface area contributed by atoms with E-state index in [4.69, 9.17) is 10.5 Å². The van der Waals surface area contributed by atoms with Gasteiger partial charge in [-0.05, 0) is 39.3 Å². The van der Waals surface area contributed by atoms with Crippen LogP contribution < -0.4 is 16.4 Å². The lowest BCUT2D eigenvalue weighted by atomic mass is 10.1. The van der Waals surface area contributed by atoms with Crippen molar-refractivity contribution in [2.24, 2.45) is 10.7 Å². The molecule has 1 fully saturated rings. The molecule has 1 aliphatic heterocycles. The van der Waals surface area contributed by atoms with Gasteiger partial charge in [-0.2, -0.15) is 0 Å². The van der Waals surface area contributed by atoms with Crippen molar-refractivity contribution < 1.29 is 31.9 Å². The minimum atomic E-state index is -2.95. The highest BCUT2D eigenvalue weighted by molar-refractivity contribution is 7.19. The van der Waals surface area contributed by atoms with E-state index in [1.54, 1.807) is 20.8 Å². The number of carbonyl (C=O) groups is 2. The Morgan fingerprint density at radius 2 is 1.92 bits per heavy atom. The van der Waals surface area contributed by atoms with Crippen LogP contribution in [-0.2, 0) is 4.74 Å². The number of amidine groups is 1. The zero-order valence-corrected chi connectivity index (χ0v) is 22.0. The molecule has 2 aromatic rings. The van der Waals surface area contributed by atoms with Crippen molar-refractivity contribution in [2.45, 2.75) is 45.1 Å². The Hall–Kier alpha value is -3.68. The Labute approximate surface area is 220 Å². The standard InChI is InChI=1S/C24H28F4N6O3S/c1-23(2,3)37-22(36)33-21-17(32-20(38-21)16-13(25)7-5-8-14(16)26)19(35)31-15(11-29)18(30-4)34-10-6-9-24(27,28)12-34/h5,7-8,11H,6,9-10,12,29H2,1-4H3,(H,31,35)(H,33,36)/b15-11+,30-18?. The summed E-state index contributed by atoms with van der Waals surface area (Å²) in [6.45, 7) is 4.52. The molecule has 38 heavy (non-hydrogen) atoms. The van der Waals surface area contributed by atoms with Crippen LogP contribution in [0.3, 0.4) is 0 Å². The number of halogens is 4. The van der Waals surface area contributed by atoms with E-state index in [-0.39, 0.29) is 40.9 Å². The molecule has 2 amide bonds. The third-order valence-corrected chi connectivity index (χ3v) is 6.18. The summed E-state index contributed by atoms with van der Waals surface area (Å²) in [4.78, 5) is 35.1. The van der Waals surface area contributed by atoms with E-state index in [9.17, 15) is 27.2 Å². The normalized spacial score (nSPS) is 16.3. The number of alkyl halides is 2. The molecule has 0 spiro atoms. The molecule has 0 bridgehead atoms. The van der Waals surface area contributed by atoms with Gasteiger partial charge in [0.1, 0.15) is 33.1 Å². The fraction of sp³-hybridized carbons (Fsp3) is 0.417. The molecule has 206 valence electrons. The number of nitrogens with one attached hydrogen (secondary N) is 2. The fourth-order valence-electron chi connectivity index (χ4n) is 3.70. The van der Waals surface area contributed by atoms with E-state index in [0.29, 0.717) is 11.3 Å². The molecule has 0 saturated carbocycles. The van der Waals surface area contributed by atoms with Crippen LogP contribution >= 0.6 is 11.3 Å². The number of piperidine rings is 1. The molecule has 1 aliphatic rings. The summed E-state index contributed by atoms with van der Waals surface area (Å²) in [5.74, 6) is -5.72. The number of nitrogens with two attached hydrogens (primary N) is 1. The minimum absolute atomic E-state index is 0.0116. The smallest absolute Gasteiger partial charge is 0.412 e. The van der Waals surface area contributed by atoms with Crippen LogP contribution in [-0.4, -0.2) is 59.4 Å². The number of anilines is 1. The molecule has 4 N–H and O–H groups in total. The van der Waals surface area contributed by atoms with Gasteiger partial charge < -0.3 is 20.7 Å². The second-order valence-corrected chi connectivity index (χ2v) is 10.4. The number of thiazole rings is 1. The summed E-state index contributed by atoms with van der Waals surface area (Å²) < 4.78 is 62.1. The summed E-state index contributed by atoms with van der Waals surface area (Å²) >= 11 is 0.646. The summed E-state index contributed by atoms with van der Waals surface area (Å²) in [6, 6.07) is 3.21. The topological polar surface area (TPSA) is 122 Å². The lowest BCUT2D eigenvalue weighted by molar-refractivity contribution is -0.0466. The monoisotopic (exact) mass is 556 g/mol.